The van der Waals surface area contributed by atoms with Gasteiger partial charge in [-0.05, 0) is 56.2 Å². The van der Waals surface area contributed by atoms with Gasteiger partial charge in [0.25, 0.3) is 0 Å². The molecule has 0 fully saturated rings. The molecule has 0 unspecified atom stereocenters. The molecule has 2 aromatic carbocycles. The molecule has 0 aliphatic rings. The summed E-state index contributed by atoms with van der Waals surface area (Å²) in [4.78, 5) is 12.4. The van der Waals surface area contributed by atoms with Crippen LogP contribution in [0, 0.1) is 0 Å². The SMILES string of the molecule is COc1ccc(/C=C/C(=O)c2ccc(O)c(CC=C(C)C)c2O)cc1. The summed E-state index contributed by atoms with van der Waals surface area (Å²) in [5, 5.41) is 20.3. The fraction of sp³-hybridized carbons (Fsp3) is 0.190. The Morgan fingerprint density at radius 1 is 1.08 bits per heavy atom. The predicted octanol–water partition coefficient (Wildman–Crippen LogP) is 4.51. The first-order valence-corrected chi connectivity index (χ1v) is 7.96. The number of hydrogen-bond donors (Lipinski definition) is 2. The van der Waals surface area contributed by atoms with Gasteiger partial charge in [-0.2, -0.15) is 0 Å². The molecule has 0 bridgehead atoms. The summed E-state index contributed by atoms with van der Waals surface area (Å²) in [6.07, 6.45) is 5.32. The Hall–Kier alpha value is -3.01. The van der Waals surface area contributed by atoms with Crippen molar-refractivity contribution in [3.05, 3.63) is 70.8 Å². The molecule has 0 amide bonds. The second kappa shape index (κ2) is 8.20. The summed E-state index contributed by atoms with van der Waals surface area (Å²) < 4.78 is 5.09. The molecule has 2 N–H and O–H groups in total. The zero-order valence-electron chi connectivity index (χ0n) is 14.6. The quantitative estimate of drug-likeness (QED) is 0.462. The standard InChI is InChI=1S/C21H22O4/c1-14(2)4-10-17-20(23)13-11-18(21(17)24)19(22)12-7-15-5-8-16(25-3)9-6-15/h4-9,11-13,23-24H,10H2,1-3H3/b12-7+. The number of benzene rings is 2. The van der Waals surface area contributed by atoms with Crippen LogP contribution in [0.1, 0.15) is 35.3 Å². The molecule has 0 heterocycles. The van der Waals surface area contributed by atoms with E-state index in [2.05, 4.69) is 0 Å². The summed E-state index contributed by atoms with van der Waals surface area (Å²) >= 11 is 0. The zero-order chi connectivity index (χ0) is 18.4. The Labute approximate surface area is 147 Å². The summed E-state index contributed by atoms with van der Waals surface area (Å²) in [6, 6.07) is 10.1. The predicted molar refractivity (Wildman–Crippen MR) is 99.3 cm³/mol. The van der Waals surface area contributed by atoms with Crippen molar-refractivity contribution in [2.75, 3.05) is 7.11 Å². The molecule has 4 heteroatoms. The molecule has 4 nitrogen and oxygen atoms in total. The van der Waals surface area contributed by atoms with Gasteiger partial charge in [-0.25, -0.2) is 0 Å². The van der Waals surface area contributed by atoms with Crippen LogP contribution in [0.3, 0.4) is 0 Å². The lowest BCUT2D eigenvalue weighted by atomic mass is 10.0. The lowest BCUT2D eigenvalue weighted by molar-refractivity contribution is 0.104. The van der Waals surface area contributed by atoms with Crippen LogP contribution in [0.5, 0.6) is 17.2 Å². The van der Waals surface area contributed by atoms with Crippen LogP contribution < -0.4 is 4.74 Å². The van der Waals surface area contributed by atoms with Gasteiger partial charge < -0.3 is 14.9 Å². The van der Waals surface area contributed by atoms with E-state index in [9.17, 15) is 15.0 Å². The van der Waals surface area contributed by atoms with E-state index >= 15 is 0 Å². The molecule has 2 rings (SSSR count). The fourth-order valence-electron chi connectivity index (χ4n) is 2.31. The van der Waals surface area contributed by atoms with E-state index < -0.39 is 0 Å². The van der Waals surface area contributed by atoms with Crippen LogP contribution in [0.25, 0.3) is 6.08 Å². The molecule has 130 valence electrons. The zero-order valence-corrected chi connectivity index (χ0v) is 14.6. The number of phenolic OH excluding ortho intramolecular Hbond substituents is 2. The molecule has 0 radical (unpaired) electrons. The van der Waals surface area contributed by atoms with Crippen molar-refractivity contribution in [3.63, 3.8) is 0 Å². The van der Waals surface area contributed by atoms with Crippen molar-refractivity contribution < 1.29 is 19.7 Å². The number of ether oxygens (including phenoxy) is 1. The van der Waals surface area contributed by atoms with Gasteiger partial charge in [0.1, 0.15) is 17.2 Å². The molecule has 25 heavy (non-hydrogen) atoms. The fourth-order valence-corrected chi connectivity index (χ4v) is 2.31. The maximum absolute atomic E-state index is 12.4. The first-order valence-electron chi connectivity index (χ1n) is 7.96. The number of carbonyl (C=O) groups excluding carboxylic acids is 1. The van der Waals surface area contributed by atoms with Crippen LogP contribution in [0.4, 0.5) is 0 Å². The molecule has 2 aromatic rings. The van der Waals surface area contributed by atoms with E-state index in [0.717, 1.165) is 16.9 Å². The monoisotopic (exact) mass is 338 g/mol. The molecule has 0 saturated carbocycles. The van der Waals surface area contributed by atoms with E-state index in [1.807, 2.05) is 32.1 Å². The van der Waals surface area contributed by atoms with Crippen LogP contribution in [-0.4, -0.2) is 23.1 Å². The van der Waals surface area contributed by atoms with Gasteiger partial charge in [0.15, 0.2) is 5.78 Å². The Kier molecular flexibility index (Phi) is 6.01. The van der Waals surface area contributed by atoms with E-state index in [0.29, 0.717) is 12.0 Å². The Morgan fingerprint density at radius 3 is 2.36 bits per heavy atom. The van der Waals surface area contributed by atoms with E-state index in [1.165, 1.54) is 18.2 Å². The molecule has 0 aliphatic heterocycles. The average Bonchev–Trinajstić information content (AvgIpc) is 2.59. The number of phenols is 2. The van der Waals surface area contributed by atoms with Crippen molar-refractivity contribution in [2.24, 2.45) is 0 Å². The number of rotatable bonds is 6. The molecular weight excluding hydrogens is 316 g/mol. The molecule has 0 atom stereocenters. The molecule has 0 saturated heterocycles. The number of methoxy groups -OCH3 is 1. The lowest BCUT2D eigenvalue weighted by Crippen LogP contribution is -1.98. The number of carbonyl (C=O) groups is 1. The maximum atomic E-state index is 12.4. The van der Waals surface area contributed by atoms with Gasteiger partial charge in [0.2, 0.25) is 0 Å². The average molecular weight is 338 g/mol. The number of ketones is 1. The van der Waals surface area contributed by atoms with E-state index in [-0.39, 0.29) is 22.8 Å². The Bertz CT molecular complexity index is 811. The summed E-state index contributed by atoms with van der Waals surface area (Å²) in [6.45, 7) is 3.86. The molecule has 0 aromatic heterocycles. The van der Waals surface area contributed by atoms with Gasteiger partial charge in [0.05, 0.1) is 12.7 Å². The Balaban J connectivity index is 2.24. The highest BCUT2D eigenvalue weighted by Crippen LogP contribution is 2.32. The highest BCUT2D eigenvalue weighted by atomic mass is 16.5. The van der Waals surface area contributed by atoms with Crippen molar-refractivity contribution in [1.29, 1.82) is 0 Å². The maximum Gasteiger partial charge on any atom is 0.189 e. The van der Waals surface area contributed by atoms with Crippen LogP contribution in [-0.2, 0) is 6.42 Å². The van der Waals surface area contributed by atoms with E-state index in [4.69, 9.17) is 4.74 Å². The van der Waals surface area contributed by atoms with Crippen LogP contribution in [0.15, 0.2) is 54.1 Å². The van der Waals surface area contributed by atoms with Gasteiger partial charge in [0, 0.05) is 5.56 Å². The lowest BCUT2D eigenvalue weighted by Gasteiger charge is -2.09. The molecule has 0 aliphatic carbocycles. The second-order valence-electron chi connectivity index (χ2n) is 5.92. The Morgan fingerprint density at radius 2 is 1.76 bits per heavy atom. The van der Waals surface area contributed by atoms with Gasteiger partial charge in [-0.15, -0.1) is 0 Å². The summed E-state index contributed by atoms with van der Waals surface area (Å²) in [7, 11) is 1.59. The minimum Gasteiger partial charge on any atom is -0.508 e. The number of hydrogen-bond acceptors (Lipinski definition) is 4. The van der Waals surface area contributed by atoms with Crippen molar-refractivity contribution in [3.8, 4) is 17.2 Å². The summed E-state index contributed by atoms with van der Waals surface area (Å²) in [5.41, 5.74) is 2.43. The van der Waals surface area contributed by atoms with Crippen LogP contribution in [0.2, 0.25) is 0 Å². The largest absolute Gasteiger partial charge is 0.508 e. The van der Waals surface area contributed by atoms with Gasteiger partial charge in [-0.3, -0.25) is 4.79 Å². The van der Waals surface area contributed by atoms with Gasteiger partial charge in [-0.1, -0.05) is 29.9 Å². The van der Waals surface area contributed by atoms with E-state index in [1.54, 1.807) is 25.3 Å². The van der Waals surface area contributed by atoms with Crippen LogP contribution >= 0.6 is 0 Å². The van der Waals surface area contributed by atoms with Gasteiger partial charge >= 0.3 is 0 Å². The topological polar surface area (TPSA) is 66.8 Å². The highest BCUT2D eigenvalue weighted by Gasteiger charge is 2.15. The summed E-state index contributed by atoms with van der Waals surface area (Å²) in [5.74, 6) is 0.211. The van der Waals surface area contributed by atoms with Crippen molar-refractivity contribution in [2.45, 2.75) is 20.3 Å². The minimum absolute atomic E-state index is 0.0225. The number of aromatic hydroxyl groups is 2. The third-order valence-electron chi connectivity index (χ3n) is 3.78. The van der Waals surface area contributed by atoms with Crippen molar-refractivity contribution >= 4 is 11.9 Å². The van der Waals surface area contributed by atoms with Crippen molar-refractivity contribution in [1.82, 2.24) is 0 Å². The minimum atomic E-state index is -0.327. The smallest absolute Gasteiger partial charge is 0.189 e. The molecular formula is C21H22O4. The normalized spacial score (nSPS) is 10.7. The first kappa shape index (κ1) is 18.3. The second-order valence-corrected chi connectivity index (χ2v) is 5.92. The number of allylic oxidation sites excluding steroid dienone is 3. The highest BCUT2D eigenvalue weighted by molar-refractivity contribution is 6.09. The third kappa shape index (κ3) is 4.73. The first-order chi connectivity index (χ1) is 11.9. The molecule has 0 spiro atoms. The third-order valence-corrected chi connectivity index (χ3v) is 3.78.